The highest BCUT2D eigenvalue weighted by Gasteiger charge is 2.08. The van der Waals surface area contributed by atoms with E-state index in [0.717, 1.165) is 0 Å². The molecule has 2 heteroatoms. The van der Waals surface area contributed by atoms with Gasteiger partial charge in [0.15, 0.2) is 0 Å². The van der Waals surface area contributed by atoms with Crippen molar-refractivity contribution in [1.29, 1.82) is 0 Å². The molecular weight excluding hydrogens is 200 g/mol. The largest absolute Gasteiger partial charge is 0.456 e. The highest BCUT2D eigenvalue weighted by Crippen LogP contribution is 2.17. The molecule has 80 valence electrons. The van der Waals surface area contributed by atoms with Crippen LogP contribution in [0.5, 0.6) is 0 Å². The number of benzene rings is 1. The summed E-state index contributed by atoms with van der Waals surface area (Å²) in [6.07, 6.45) is 5.12. The van der Waals surface area contributed by atoms with E-state index in [0.29, 0.717) is 22.3 Å². The van der Waals surface area contributed by atoms with Gasteiger partial charge in [-0.25, -0.2) is 0 Å². The third kappa shape index (κ3) is 1.58. The lowest BCUT2D eigenvalue weighted by Crippen LogP contribution is -2.07. The van der Waals surface area contributed by atoms with Crippen molar-refractivity contribution in [3.8, 4) is 0 Å². The Hall–Kier alpha value is -2.09. The molecule has 2 nitrogen and oxygen atoms in total. The van der Waals surface area contributed by atoms with Crippen LogP contribution in [0, 0.1) is 0 Å². The smallest absolute Gasteiger partial charge is 0.200 e. The summed E-state index contributed by atoms with van der Waals surface area (Å²) in [6.45, 7) is 5.52. The fourth-order valence-electron chi connectivity index (χ4n) is 1.65. The van der Waals surface area contributed by atoms with E-state index < -0.39 is 0 Å². The third-order valence-corrected chi connectivity index (χ3v) is 2.38. The Balaban J connectivity index is 2.93. The molecule has 0 saturated carbocycles. The molecule has 0 aliphatic rings. The first-order valence-corrected chi connectivity index (χ1v) is 5.09. The number of hydrogen-bond acceptors (Lipinski definition) is 2. The summed E-state index contributed by atoms with van der Waals surface area (Å²) in [5, 5.41) is 0.598. The van der Waals surface area contributed by atoms with Gasteiger partial charge in [0.05, 0.1) is 10.9 Å². The molecule has 2 rings (SSSR count). The molecule has 2 aromatic rings. The number of rotatable bonds is 2. The zero-order chi connectivity index (χ0) is 11.5. The van der Waals surface area contributed by atoms with Crippen molar-refractivity contribution in [1.82, 2.24) is 0 Å². The number of para-hydroxylation sites is 1. The van der Waals surface area contributed by atoms with Gasteiger partial charge in [0.1, 0.15) is 11.3 Å². The number of hydrogen-bond donors (Lipinski definition) is 0. The summed E-state index contributed by atoms with van der Waals surface area (Å²) in [6, 6.07) is 7.21. The molecule has 0 fully saturated rings. The van der Waals surface area contributed by atoms with Crippen molar-refractivity contribution in [2.75, 3.05) is 0 Å². The normalized spacial score (nSPS) is 11.1. The van der Waals surface area contributed by atoms with E-state index in [-0.39, 0.29) is 5.43 Å². The van der Waals surface area contributed by atoms with Gasteiger partial charge in [-0.1, -0.05) is 30.9 Å². The highest BCUT2D eigenvalue weighted by atomic mass is 16.3. The Morgan fingerprint density at radius 1 is 1.31 bits per heavy atom. The van der Waals surface area contributed by atoms with Crippen LogP contribution in [0.4, 0.5) is 0 Å². The van der Waals surface area contributed by atoms with Crippen LogP contribution in [0.2, 0.25) is 0 Å². The predicted octanol–water partition coefficient (Wildman–Crippen LogP) is 3.47. The van der Waals surface area contributed by atoms with Gasteiger partial charge in [-0.15, -0.1) is 0 Å². The standard InChI is InChI=1S/C14H12O2/c1-3-7-10-12(4-2)16-13-9-6-5-8-11(13)14(10)15/h3-9H,2H2,1H3/b7-3-. The van der Waals surface area contributed by atoms with Gasteiger partial charge in [-0.05, 0) is 25.1 Å². The van der Waals surface area contributed by atoms with Crippen molar-refractivity contribution < 1.29 is 4.42 Å². The van der Waals surface area contributed by atoms with Gasteiger partial charge in [-0.3, -0.25) is 4.79 Å². The molecule has 0 aliphatic heterocycles. The zero-order valence-electron chi connectivity index (χ0n) is 9.07. The van der Waals surface area contributed by atoms with Crippen LogP contribution in [0.3, 0.4) is 0 Å². The van der Waals surface area contributed by atoms with Crippen molar-refractivity contribution in [3.63, 3.8) is 0 Å². The maximum atomic E-state index is 12.1. The molecular formula is C14H12O2. The fourth-order valence-corrected chi connectivity index (χ4v) is 1.65. The summed E-state index contributed by atoms with van der Waals surface area (Å²) in [5.41, 5.74) is 1.13. The first-order chi connectivity index (χ1) is 7.77. The molecule has 1 heterocycles. The fraction of sp³-hybridized carbons (Fsp3) is 0.0714. The van der Waals surface area contributed by atoms with Gasteiger partial charge < -0.3 is 4.42 Å². The van der Waals surface area contributed by atoms with Crippen LogP contribution in [-0.2, 0) is 0 Å². The number of fused-ring (bicyclic) bond motifs is 1. The monoisotopic (exact) mass is 212 g/mol. The molecule has 16 heavy (non-hydrogen) atoms. The minimum Gasteiger partial charge on any atom is -0.456 e. The van der Waals surface area contributed by atoms with E-state index in [1.807, 2.05) is 25.1 Å². The lowest BCUT2D eigenvalue weighted by atomic mass is 10.1. The molecule has 0 atom stereocenters. The van der Waals surface area contributed by atoms with Crippen molar-refractivity contribution >= 4 is 23.1 Å². The molecule has 0 bridgehead atoms. The molecule has 1 aromatic carbocycles. The molecule has 0 unspecified atom stereocenters. The SMILES string of the molecule is C=Cc1oc2ccccc2c(=O)c1/C=C\C. The quantitative estimate of drug-likeness (QED) is 0.763. The minimum absolute atomic E-state index is 0.0187. The lowest BCUT2D eigenvalue weighted by Gasteiger charge is -2.02. The average Bonchev–Trinajstić information content (AvgIpc) is 2.33. The van der Waals surface area contributed by atoms with Crippen LogP contribution in [-0.4, -0.2) is 0 Å². The Bertz CT molecular complexity index is 618. The molecule has 0 N–H and O–H groups in total. The minimum atomic E-state index is -0.0187. The first-order valence-electron chi connectivity index (χ1n) is 5.09. The van der Waals surface area contributed by atoms with Crippen molar-refractivity contribution in [2.45, 2.75) is 6.92 Å². The number of allylic oxidation sites excluding steroid dienone is 1. The van der Waals surface area contributed by atoms with E-state index in [1.165, 1.54) is 0 Å². The maximum Gasteiger partial charge on any atom is 0.200 e. The van der Waals surface area contributed by atoms with Crippen molar-refractivity contribution in [2.24, 2.45) is 0 Å². The van der Waals surface area contributed by atoms with Crippen LogP contribution in [0.1, 0.15) is 18.2 Å². The van der Waals surface area contributed by atoms with Crippen LogP contribution >= 0.6 is 0 Å². The van der Waals surface area contributed by atoms with E-state index in [9.17, 15) is 4.79 Å². The van der Waals surface area contributed by atoms with E-state index in [4.69, 9.17) is 4.42 Å². The van der Waals surface area contributed by atoms with Gasteiger partial charge in [0.25, 0.3) is 0 Å². The second-order valence-corrected chi connectivity index (χ2v) is 3.41. The zero-order valence-corrected chi connectivity index (χ0v) is 9.07. The van der Waals surface area contributed by atoms with Gasteiger partial charge in [-0.2, -0.15) is 0 Å². The average molecular weight is 212 g/mol. The van der Waals surface area contributed by atoms with Crippen LogP contribution < -0.4 is 5.43 Å². The molecule has 0 saturated heterocycles. The second-order valence-electron chi connectivity index (χ2n) is 3.41. The van der Waals surface area contributed by atoms with E-state index >= 15 is 0 Å². The summed E-state index contributed by atoms with van der Waals surface area (Å²) in [7, 11) is 0. The molecule has 1 aromatic heterocycles. The first kappa shape index (κ1) is 10.4. The summed E-state index contributed by atoms with van der Waals surface area (Å²) in [5.74, 6) is 0.516. The second kappa shape index (κ2) is 4.19. The highest BCUT2D eigenvalue weighted by molar-refractivity contribution is 5.80. The van der Waals surface area contributed by atoms with E-state index in [1.54, 1.807) is 24.3 Å². The van der Waals surface area contributed by atoms with Crippen molar-refractivity contribution in [3.05, 3.63) is 58.5 Å². The predicted molar refractivity (Wildman–Crippen MR) is 67.3 cm³/mol. The molecule has 0 spiro atoms. The van der Waals surface area contributed by atoms with Gasteiger partial charge in [0.2, 0.25) is 5.43 Å². The van der Waals surface area contributed by atoms with E-state index in [2.05, 4.69) is 6.58 Å². The summed E-state index contributed by atoms with van der Waals surface area (Å²) in [4.78, 5) is 12.1. The Morgan fingerprint density at radius 3 is 2.75 bits per heavy atom. The Kier molecular flexibility index (Phi) is 2.73. The van der Waals surface area contributed by atoms with Crippen LogP contribution in [0.15, 0.2) is 46.1 Å². The van der Waals surface area contributed by atoms with Gasteiger partial charge in [0, 0.05) is 0 Å². The van der Waals surface area contributed by atoms with Gasteiger partial charge >= 0.3 is 0 Å². The molecule has 0 aliphatic carbocycles. The lowest BCUT2D eigenvalue weighted by molar-refractivity contribution is 0.589. The summed E-state index contributed by atoms with van der Waals surface area (Å²) < 4.78 is 5.61. The van der Waals surface area contributed by atoms with Crippen LogP contribution in [0.25, 0.3) is 23.1 Å². The third-order valence-electron chi connectivity index (χ3n) is 2.38. The topological polar surface area (TPSA) is 30.2 Å². The molecule has 0 radical (unpaired) electrons. The Labute approximate surface area is 93.5 Å². The molecule has 0 amide bonds. The maximum absolute atomic E-state index is 12.1. The Morgan fingerprint density at radius 2 is 2.06 bits per heavy atom. The summed E-state index contributed by atoms with van der Waals surface area (Å²) >= 11 is 0.